The van der Waals surface area contributed by atoms with Crippen LogP contribution in [-0.4, -0.2) is 37.0 Å². The zero-order chi connectivity index (χ0) is 15.7. The van der Waals surface area contributed by atoms with Crippen LogP contribution in [0.25, 0.3) is 0 Å². The van der Waals surface area contributed by atoms with E-state index in [1.54, 1.807) is 19.1 Å². The Morgan fingerprint density at radius 2 is 2.18 bits per heavy atom. The maximum atomic E-state index is 12.3. The van der Waals surface area contributed by atoms with Crippen LogP contribution < -0.4 is 20.7 Å². The summed E-state index contributed by atoms with van der Waals surface area (Å²) in [5.41, 5.74) is 6.60. The van der Waals surface area contributed by atoms with Crippen molar-refractivity contribution in [2.45, 2.75) is 31.9 Å². The molecule has 1 heterocycles. The molecule has 0 bridgehead atoms. The summed E-state index contributed by atoms with van der Waals surface area (Å²) in [5, 5.41) is 2.82. The fourth-order valence-corrected chi connectivity index (χ4v) is 2.64. The molecule has 2 aliphatic rings. The van der Waals surface area contributed by atoms with E-state index in [0.29, 0.717) is 23.9 Å². The summed E-state index contributed by atoms with van der Waals surface area (Å²) in [6, 6.07) is 7.25. The first-order valence-electron chi connectivity index (χ1n) is 7.65. The third-order valence-corrected chi connectivity index (χ3v) is 4.14. The number of hydrogen-bond donors (Lipinski definition) is 2. The molecule has 118 valence electrons. The van der Waals surface area contributed by atoms with Crippen molar-refractivity contribution in [2.24, 2.45) is 11.7 Å². The van der Waals surface area contributed by atoms with Crippen LogP contribution in [0.2, 0.25) is 0 Å². The summed E-state index contributed by atoms with van der Waals surface area (Å²) in [4.78, 5) is 25.9. The highest BCUT2D eigenvalue weighted by atomic mass is 16.5. The molecule has 1 aliphatic carbocycles. The molecule has 22 heavy (non-hydrogen) atoms. The van der Waals surface area contributed by atoms with Crippen LogP contribution >= 0.6 is 0 Å². The zero-order valence-electron chi connectivity index (χ0n) is 12.6. The van der Waals surface area contributed by atoms with Gasteiger partial charge in [-0.15, -0.1) is 0 Å². The van der Waals surface area contributed by atoms with Crippen molar-refractivity contribution in [3.05, 3.63) is 24.3 Å². The minimum Gasteiger partial charge on any atom is -0.479 e. The SMILES string of the molecule is CC1Oc2ccccc2N(CC(=O)NCC(N)C2CC2)C1=O. The van der Waals surface area contributed by atoms with E-state index in [4.69, 9.17) is 10.5 Å². The van der Waals surface area contributed by atoms with Gasteiger partial charge in [0.25, 0.3) is 5.91 Å². The van der Waals surface area contributed by atoms with E-state index in [0.717, 1.165) is 12.8 Å². The molecule has 0 aromatic heterocycles. The predicted octanol–water partition coefficient (Wildman–Crippen LogP) is 0.654. The van der Waals surface area contributed by atoms with Gasteiger partial charge in [-0.05, 0) is 37.8 Å². The van der Waals surface area contributed by atoms with Crippen molar-refractivity contribution in [1.82, 2.24) is 5.32 Å². The number of para-hydroxylation sites is 2. The van der Waals surface area contributed by atoms with Crippen LogP contribution in [0.3, 0.4) is 0 Å². The molecule has 1 aromatic carbocycles. The smallest absolute Gasteiger partial charge is 0.268 e. The molecule has 2 unspecified atom stereocenters. The summed E-state index contributed by atoms with van der Waals surface area (Å²) in [7, 11) is 0. The van der Waals surface area contributed by atoms with Gasteiger partial charge >= 0.3 is 0 Å². The summed E-state index contributed by atoms with van der Waals surface area (Å²) >= 11 is 0. The first-order valence-corrected chi connectivity index (χ1v) is 7.65. The molecule has 1 fully saturated rings. The molecule has 6 nitrogen and oxygen atoms in total. The molecule has 0 saturated heterocycles. The van der Waals surface area contributed by atoms with Crippen LogP contribution in [-0.2, 0) is 9.59 Å². The molecule has 0 spiro atoms. The zero-order valence-corrected chi connectivity index (χ0v) is 12.6. The van der Waals surface area contributed by atoms with Crippen molar-refractivity contribution < 1.29 is 14.3 Å². The second kappa shape index (κ2) is 5.96. The number of fused-ring (bicyclic) bond motifs is 1. The van der Waals surface area contributed by atoms with E-state index < -0.39 is 6.10 Å². The largest absolute Gasteiger partial charge is 0.479 e. The van der Waals surface area contributed by atoms with Crippen molar-refractivity contribution >= 4 is 17.5 Å². The van der Waals surface area contributed by atoms with Gasteiger partial charge in [0.2, 0.25) is 5.91 Å². The van der Waals surface area contributed by atoms with Crippen LogP contribution in [0, 0.1) is 5.92 Å². The van der Waals surface area contributed by atoms with Gasteiger partial charge in [-0.3, -0.25) is 14.5 Å². The monoisotopic (exact) mass is 303 g/mol. The molecule has 6 heteroatoms. The van der Waals surface area contributed by atoms with Crippen LogP contribution in [0.15, 0.2) is 24.3 Å². The van der Waals surface area contributed by atoms with E-state index in [2.05, 4.69) is 5.32 Å². The Bertz CT molecular complexity index is 586. The molecule has 2 atom stereocenters. The molecular formula is C16H21N3O3. The minimum atomic E-state index is -0.587. The van der Waals surface area contributed by atoms with Gasteiger partial charge in [-0.2, -0.15) is 0 Å². The highest BCUT2D eigenvalue weighted by Gasteiger charge is 2.33. The fraction of sp³-hybridized carbons (Fsp3) is 0.500. The van der Waals surface area contributed by atoms with Crippen molar-refractivity contribution in [2.75, 3.05) is 18.0 Å². The number of hydrogen-bond acceptors (Lipinski definition) is 4. The Kier molecular flexibility index (Phi) is 4.02. The van der Waals surface area contributed by atoms with E-state index in [1.165, 1.54) is 4.90 Å². The average Bonchev–Trinajstić information content (AvgIpc) is 3.34. The van der Waals surface area contributed by atoms with Gasteiger partial charge in [0.05, 0.1) is 5.69 Å². The lowest BCUT2D eigenvalue weighted by molar-refractivity contribution is -0.128. The number of anilines is 1. The van der Waals surface area contributed by atoms with E-state index in [1.807, 2.05) is 12.1 Å². The summed E-state index contributed by atoms with van der Waals surface area (Å²) < 4.78 is 5.55. The van der Waals surface area contributed by atoms with E-state index >= 15 is 0 Å². The third-order valence-electron chi connectivity index (χ3n) is 4.14. The molecule has 1 saturated carbocycles. The first-order chi connectivity index (χ1) is 10.6. The number of amides is 2. The Morgan fingerprint density at radius 1 is 1.45 bits per heavy atom. The fourth-order valence-electron chi connectivity index (χ4n) is 2.64. The summed E-state index contributed by atoms with van der Waals surface area (Å²) in [6.07, 6.45) is 1.70. The Balaban J connectivity index is 1.65. The van der Waals surface area contributed by atoms with Crippen LogP contribution in [0.5, 0.6) is 5.75 Å². The topological polar surface area (TPSA) is 84.7 Å². The number of benzene rings is 1. The summed E-state index contributed by atoms with van der Waals surface area (Å²) in [5.74, 6) is 0.747. The number of nitrogens with zero attached hydrogens (tertiary/aromatic N) is 1. The first kappa shape index (κ1) is 14.8. The molecule has 3 N–H and O–H groups in total. The van der Waals surface area contributed by atoms with Crippen molar-refractivity contribution in [3.63, 3.8) is 0 Å². The van der Waals surface area contributed by atoms with Gasteiger partial charge < -0.3 is 15.8 Å². The second-order valence-corrected chi connectivity index (χ2v) is 5.96. The van der Waals surface area contributed by atoms with Crippen LogP contribution in [0.4, 0.5) is 5.69 Å². The number of carbonyl (C=O) groups is 2. The highest BCUT2D eigenvalue weighted by molar-refractivity contribution is 6.03. The quantitative estimate of drug-likeness (QED) is 0.836. The highest BCUT2D eigenvalue weighted by Crippen LogP contribution is 2.33. The van der Waals surface area contributed by atoms with E-state index in [9.17, 15) is 9.59 Å². The third kappa shape index (κ3) is 3.06. The Hall–Kier alpha value is -2.08. The predicted molar refractivity (Wildman–Crippen MR) is 82.6 cm³/mol. The lowest BCUT2D eigenvalue weighted by atomic mass is 10.2. The maximum Gasteiger partial charge on any atom is 0.268 e. The Morgan fingerprint density at radius 3 is 2.91 bits per heavy atom. The maximum absolute atomic E-state index is 12.3. The average molecular weight is 303 g/mol. The normalized spacial score (nSPS) is 21.8. The molecule has 1 aliphatic heterocycles. The minimum absolute atomic E-state index is 0.00977. The van der Waals surface area contributed by atoms with Gasteiger partial charge in [-0.25, -0.2) is 0 Å². The second-order valence-electron chi connectivity index (χ2n) is 5.96. The van der Waals surface area contributed by atoms with Gasteiger partial charge in [0.15, 0.2) is 6.10 Å². The molecular weight excluding hydrogens is 282 g/mol. The number of nitrogens with two attached hydrogens (primary N) is 1. The van der Waals surface area contributed by atoms with Gasteiger partial charge in [0, 0.05) is 12.6 Å². The molecule has 2 amide bonds. The van der Waals surface area contributed by atoms with Crippen LogP contribution in [0.1, 0.15) is 19.8 Å². The number of nitrogens with one attached hydrogen (secondary N) is 1. The van der Waals surface area contributed by atoms with Gasteiger partial charge in [-0.1, -0.05) is 12.1 Å². The number of carbonyl (C=O) groups excluding carboxylic acids is 2. The molecule has 3 rings (SSSR count). The number of rotatable bonds is 5. The van der Waals surface area contributed by atoms with Crippen molar-refractivity contribution in [1.29, 1.82) is 0 Å². The molecule has 1 aromatic rings. The summed E-state index contributed by atoms with van der Waals surface area (Å²) in [6.45, 7) is 2.13. The standard InChI is InChI=1S/C16H21N3O3/c1-10-16(21)19(13-4-2-3-5-14(13)22-10)9-15(20)18-8-12(17)11-6-7-11/h2-5,10-12H,6-9,17H2,1H3,(H,18,20). The molecule has 0 radical (unpaired) electrons. The lowest BCUT2D eigenvalue weighted by Crippen LogP contribution is -2.50. The van der Waals surface area contributed by atoms with Crippen molar-refractivity contribution in [3.8, 4) is 5.75 Å². The van der Waals surface area contributed by atoms with Gasteiger partial charge in [0.1, 0.15) is 12.3 Å². The number of ether oxygens (including phenoxy) is 1. The lowest BCUT2D eigenvalue weighted by Gasteiger charge is -2.32. The van der Waals surface area contributed by atoms with E-state index in [-0.39, 0.29) is 24.4 Å². The Labute approximate surface area is 129 Å².